The third-order valence-electron chi connectivity index (χ3n) is 4.22. The molecule has 1 fully saturated rings. The second kappa shape index (κ2) is 6.03. The van der Waals surface area contributed by atoms with Gasteiger partial charge in [-0.25, -0.2) is 8.42 Å². The normalized spacial score (nSPS) is 15.2. The molecule has 1 aliphatic rings. The fraction of sp³-hybridized carbons (Fsp3) is 0.562. The van der Waals surface area contributed by atoms with Crippen LogP contribution in [0.3, 0.4) is 0 Å². The summed E-state index contributed by atoms with van der Waals surface area (Å²) in [4.78, 5) is 14.1. The maximum atomic E-state index is 12.8. The van der Waals surface area contributed by atoms with Crippen LogP contribution < -0.4 is 14.4 Å². The Morgan fingerprint density at radius 3 is 2.00 bits per heavy atom. The summed E-state index contributed by atoms with van der Waals surface area (Å²) in [5.41, 5.74) is 0.519. The van der Waals surface area contributed by atoms with Crippen molar-refractivity contribution in [1.29, 1.82) is 0 Å². The summed E-state index contributed by atoms with van der Waals surface area (Å²) in [6, 6.07) is 5.02. The Morgan fingerprint density at radius 1 is 1.13 bits per heavy atom. The van der Waals surface area contributed by atoms with Crippen molar-refractivity contribution in [1.82, 2.24) is 0 Å². The van der Waals surface area contributed by atoms with Crippen molar-refractivity contribution >= 4 is 21.4 Å². The number of hydrogen-bond donors (Lipinski definition) is 0. The zero-order valence-electron chi connectivity index (χ0n) is 14.1. The van der Waals surface area contributed by atoms with Gasteiger partial charge in [0.05, 0.1) is 25.2 Å². The van der Waals surface area contributed by atoms with Crippen LogP contribution in [-0.4, -0.2) is 45.6 Å². The van der Waals surface area contributed by atoms with E-state index in [-0.39, 0.29) is 0 Å². The molecule has 0 atom stereocenters. The third-order valence-corrected chi connectivity index (χ3v) is 7.16. The first-order valence-electron chi connectivity index (χ1n) is 7.40. The molecule has 0 radical (unpaired) electrons. The fourth-order valence-corrected chi connectivity index (χ4v) is 4.39. The SMILES string of the molecule is COc1cc(OC)cc(N(C)C(=O)C(C)(C)S(=O)(=O)C2CC2)c1. The molecule has 0 bridgehead atoms. The quantitative estimate of drug-likeness (QED) is 0.791. The highest BCUT2D eigenvalue weighted by Gasteiger charge is 2.51. The molecule has 0 unspecified atom stereocenters. The molecule has 1 amide bonds. The van der Waals surface area contributed by atoms with Gasteiger partial charge in [-0.15, -0.1) is 0 Å². The van der Waals surface area contributed by atoms with Crippen molar-refractivity contribution < 1.29 is 22.7 Å². The Labute approximate surface area is 137 Å². The van der Waals surface area contributed by atoms with E-state index in [0.717, 1.165) is 0 Å². The Bertz CT molecular complexity index is 685. The van der Waals surface area contributed by atoms with E-state index in [4.69, 9.17) is 9.47 Å². The lowest BCUT2D eigenvalue weighted by molar-refractivity contribution is -0.120. The molecule has 128 valence electrons. The average Bonchev–Trinajstić information content (AvgIpc) is 3.37. The molecule has 1 aromatic carbocycles. The highest BCUT2D eigenvalue weighted by atomic mass is 32.2. The van der Waals surface area contributed by atoms with Crippen molar-refractivity contribution in [3.63, 3.8) is 0 Å². The molecule has 0 N–H and O–H groups in total. The van der Waals surface area contributed by atoms with Gasteiger partial charge in [0.1, 0.15) is 16.2 Å². The minimum Gasteiger partial charge on any atom is -0.497 e. The van der Waals surface area contributed by atoms with E-state index in [1.54, 1.807) is 25.2 Å². The van der Waals surface area contributed by atoms with E-state index >= 15 is 0 Å². The summed E-state index contributed by atoms with van der Waals surface area (Å²) in [7, 11) is 1.09. The number of methoxy groups -OCH3 is 2. The first kappa shape index (κ1) is 17.6. The topological polar surface area (TPSA) is 72.9 Å². The van der Waals surface area contributed by atoms with E-state index in [9.17, 15) is 13.2 Å². The van der Waals surface area contributed by atoms with Crippen LogP contribution in [0.2, 0.25) is 0 Å². The van der Waals surface area contributed by atoms with Gasteiger partial charge in [0.15, 0.2) is 9.84 Å². The van der Waals surface area contributed by atoms with Crippen molar-refractivity contribution in [2.45, 2.75) is 36.7 Å². The summed E-state index contributed by atoms with van der Waals surface area (Å²) < 4.78 is 34.0. The Hall–Kier alpha value is -1.76. The first-order chi connectivity index (χ1) is 10.6. The zero-order chi connectivity index (χ0) is 17.4. The van der Waals surface area contributed by atoms with Crippen molar-refractivity contribution in [2.24, 2.45) is 0 Å². The molecule has 0 aromatic heterocycles. The number of nitrogens with zero attached hydrogens (tertiary/aromatic N) is 1. The largest absolute Gasteiger partial charge is 0.497 e. The lowest BCUT2D eigenvalue weighted by Gasteiger charge is -2.29. The molecule has 1 aromatic rings. The first-order valence-corrected chi connectivity index (χ1v) is 8.94. The van der Waals surface area contributed by atoms with Crippen molar-refractivity contribution in [2.75, 3.05) is 26.2 Å². The predicted molar refractivity (Wildman–Crippen MR) is 89.0 cm³/mol. The fourth-order valence-electron chi connectivity index (χ4n) is 2.42. The van der Waals surface area contributed by atoms with Crippen LogP contribution in [-0.2, 0) is 14.6 Å². The molecule has 7 heteroatoms. The standard InChI is InChI=1S/C16H23NO5S/c1-16(2,23(19,20)14-6-7-14)15(18)17(3)11-8-12(21-4)10-13(9-11)22-5/h8-10,14H,6-7H2,1-5H3. The molecule has 6 nitrogen and oxygen atoms in total. The Morgan fingerprint density at radius 2 is 1.61 bits per heavy atom. The second-order valence-corrected chi connectivity index (χ2v) is 8.97. The van der Waals surface area contributed by atoms with Crippen LogP contribution in [0.1, 0.15) is 26.7 Å². The van der Waals surface area contributed by atoms with Gasteiger partial charge in [-0.1, -0.05) is 0 Å². The molecular formula is C16H23NO5S. The van der Waals surface area contributed by atoms with Gasteiger partial charge >= 0.3 is 0 Å². The van der Waals surface area contributed by atoms with E-state index in [1.165, 1.54) is 33.0 Å². The van der Waals surface area contributed by atoms with E-state index in [2.05, 4.69) is 0 Å². The van der Waals surface area contributed by atoms with Crippen LogP contribution in [0.25, 0.3) is 0 Å². The van der Waals surface area contributed by atoms with Crippen LogP contribution in [0.5, 0.6) is 11.5 Å². The minimum absolute atomic E-state index is 0.394. The van der Waals surface area contributed by atoms with Gasteiger partial charge in [0, 0.05) is 25.2 Å². The lowest BCUT2D eigenvalue weighted by Crippen LogP contribution is -2.50. The van der Waals surface area contributed by atoms with E-state index in [0.29, 0.717) is 30.0 Å². The van der Waals surface area contributed by atoms with E-state index in [1.807, 2.05) is 0 Å². The molecule has 0 saturated heterocycles. The average molecular weight is 341 g/mol. The van der Waals surface area contributed by atoms with Gasteiger partial charge in [-0.2, -0.15) is 0 Å². The number of benzene rings is 1. The number of sulfone groups is 1. The van der Waals surface area contributed by atoms with Crippen molar-refractivity contribution in [3.8, 4) is 11.5 Å². The van der Waals surface area contributed by atoms with E-state index < -0.39 is 25.7 Å². The Balaban J connectivity index is 2.36. The van der Waals surface area contributed by atoms with Crippen LogP contribution in [0.4, 0.5) is 5.69 Å². The van der Waals surface area contributed by atoms with Gasteiger partial charge in [0.25, 0.3) is 0 Å². The molecule has 0 heterocycles. The van der Waals surface area contributed by atoms with Crippen LogP contribution >= 0.6 is 0 Å². The third kappa shape index (κ3) is 3.15. The minimum atomic E-state index is -3.50. The number of hydrogen-bond acceptors (Lipinski definition) is 5. The van der Waals surface area contributed by atoms with Crippen LogP contribution in [0, 0.1) is 0 Å². The summed E-state index contributed by atoms with van der Waals surface area (Å²) in [6.07, 6.45) is 1.27. The van der Waals surface area contributed by atoms with Gasteiger partial charge in [-0.05, 0) is 26.7 Å². The summed E-state index contributed by atoms with van der Waals surface area (Å²) in [5.74, 6) is 0.586. The zero-order valence-corrected chi connectivity index (χ0v) is 14.9. The lowest BCUT2D eigenvalue weighted by atomic mass is 10.1. The maximum Gasteiger partial charge on any atom is 0.247 e. The molecule has 2 rings (SSSR count). The molecule has 1 aliphatic carbocycles. The number of amides is 1. The number of carbonyl (C=O) groups excluding carboxylic acids is 1. The summed E-state index contributed by atoms with van der Waals surface area (Å²) >= 11 is 0. The van der Waals surface area contributed by atoms with Crippen molar-refractivity contribution in [3.05, 3.63) is 18.2 Å². The molecule has 1 saturated carbocycles. The number of carbonyl (C=O) groups is 1. The van der Waals surface area contributed by atoms with Gasteiger partial charge < -0.3 is 14.4 Å². The smallest absolute Gasteiger partial charge is 0.247 e. The van der Waals surface area contributed by atoms with Crippen LogP contribution in [0.15, 0.2) is 18.2 Å². The summed E-state index contributed by atoms with van der Waals surface area (Å²) in [6.45, 7) is 2.94. The highest BCUT2D eigenvalue weighted by molar-refractivity contribution is 7.94. The number of ether oxygens (including phenoxy) is 2. The highest BCUT2D eigenvalue weighted by Crippen LogP contribution is 2.38. The van der Waals surface area contributed by atoms with Gasteiger partial charge in [0.2, 0.25) is 5.91 Å². The monoisotopic (exact) mass is 341 g/mol. The Kier molecular flexibility index (Phi) is 4.61. The molecular weight excluding hydrogens is 318 g/mol. The van der Waals surface area contributed by atoms with Gasteiger partial charge in [-0.3, -0.25) is 4.79 Å². The number of rotatable bonds is 6. The molecule has 0 aliphatic heterocycles. The predicted octanol–water partition coefficient (Wildman–Crippen LogP) is 2.02. The molecule has 23 heavy (non-hydrogen) atoms. The second-order valence-electron chi connectivity index (χ2n) is 6.19. The maximum absolute atomic E-state index is 12.8. The molecule has 0 spiro atoms. The summed E-state index contributed by atoms with van der Waals surface area (Å²) in [5, 5.41) is -0.394. The number of anilines is 1.